The van der Waals surface area contributed by atoms with E-state index >= 15 is 0 Å². The van der Waals surface area contributed by atoms with E-state index in [2.05, 4.69) is 26.8 Å². The van der Waals surface area contributed by atoms with E-state index in [4.69, 9.17) is 5.73 Å². The maximum Gasteiger partial charge on any atom is 0.251 e. The second-order valence-corrected chi connectivity index (χ2v) is 4.09. The van der Waals surface area contributed by atoms with Crippen molar-refractivity contribution in [3.63, 3.8) is 0 Å². The Morgan fingerprint density at radius 2 is 2.07 bits per heavy atom. The minimum Gasteiger partial charge on any atom is -0.320 e. The fourth-order valence-electron chi connectivity index (χ4n) is 1.18. The number of hydrogen-bond donors (Lipinski definition) is 3. The van der Waals surface area contributed by atoms with Gasteiger partial charge in [0.05, 0.1) is 6.04 Å². The van der Waals surface area contributed by atoms with Crippen LogP contribution in [0.15, 0.2) is 28.7 Å². The smallest absolute Gasteiger partial charge is 0.251 e. The first-order valence-electron chi connectivity index (χ1n) is 4.60. The summed E-state index contributed by atoms with van der Waals surface area (Å²) >= 11 is 3.34. The monoisotopic (exact) mass is 271 g/mol. The lowest BCUT2D eigenvalue weighted by molar-refractivity contribution is -0.123. The average molecular weight is 272 g/mol. The van der Waals surface area contributed by atoms with Gasteiger partial charge >= 0.3 is 0 Å². The number of hydrogen-bond acceptors (Lipinski definition) is 3. The van der Waals surface area contributed by atoms with Crippen molar-refractivity contribution in [2.45, 2.75) is 12.5 Å². The van der Waals surface area contributed by atoms with Crippen molar-refractivity contribution in [3.8, 4) is 0 Å². The average Bonchev–Trinajstić information content (AvgIpc) is 2.22. The molecule has 0 aliphatic carbocycles. The molecular formula is C10H14BrN3O. The number of hydrazine groups is 1. The van der Waals surface area contributed by atoms with E-state index in [1.54, 1.807) is 7.05 Å². The second kappa shape index (κ2) is 5.85. The van der Waals surface area contributed by atoms with Gasteiger partial charge < -0.3 is 5.73 Å². The first-order valence-corrected chi connectivity index (χ1v) is 5.39. The number of benzene rings is 1. The van der Waals surface area contributed by atoms with E-state index in [-0.39, 0.29) is 5.91 Å². The van der Waals surface area contributed by atoms with Crippen molar-refractivity contribution < 1.29 is 4.79 Å². The van der Waals surface area contributed by atoms with Crippen molar-refractivity contribution in [2.75, 3.05) is 7.05 Å². The minimum atomic E-state index is -0.529. The minimum absolute atomic E-state index is 0.208. The third kappa shape index (κ3) is 3.99. The molecule has 4 N–H and O–H groups in total. The predicted octanol–water partition coefficient (Wildman–Crippen LogP) is 0.570. The Bertz CT molecular complexity index is 326. The van der Waals surface area contributed by atoms with Gasteiger partial charge in [-0.05, 0) is 24.1 Å². The molecule has 5 heteroatoms. The van der Waals surface area contributed by atoms with Gasteiger partial charge in [0.1, 0.15) is 0 Å². The number of nitrogens with one attached hydrogen (secondary N) is 2. The molecule has 1 atom stereocenters. The Labute approximate surface area is 97.3 Å². The summed E-state index contributed by atoms with van der Waals surface area (Å²) in [6.45, 7) is 0. The molecule has 15 heavy (non-hydrogen) atoms. The molecule has 0 spiro atoms. The lowest BCUT2D eigenvalue weighted by Crippen LogP contribution is -2.46. The summed E-state index contributed by atoms with van der Waals surface area (Å²) in [5.74, 6) is -0.208. The molecule has 0 aliphatic rings. The van der Waals surface area contributed by atoms with Gasteiger partial charge in [0.2, 0.25) is 0 Å². The molecule has 0 aromatic heterocycles. The van der Waals surface area contributed by atoms with Gasteiger partial charge in [-0.15, -0.1) is 0 Å². The molecule has 0 saturated heterocycles. The highest BCUT2D eigenvalue weighted by atomic mass is 79.9. The van der Waals surface area contributed by atoms with Gasteiger partial charge in [-0.2, -0.15) is 0 Å². The van der Waals surface area contributed by atoms with Crippen LogP contribution >= 0.6 is 15.9 Å². The van der Waals surface area contributed by atoms with Crippen LogP contribution in [0.5, 0.6) is 0 Å². The third-order valence-corrected chi connectivity index (χ3v) is 2.48. The normalized spacial score (nSPS) is 12.2. The Morgan fingerprint density at radius 1 is 1.47 bits per heavy atom. The number of carbonyl (C=O) groups is 1. The molecule has 0 radical (unpaired) electrons. The zero-order valence-corrected chi connectivity index (χ0v) is 10.0. The molecule has 1 unspecified atom stereocenters. The lowest BCUT2D eigenvalue weighted by Gasteiger charge is -2.11. The molecule has 4 nitrogen and oxygen atoms in total. The molecule has 1 amide bonds. The highest BCUT2D eigenvalue weighted by Gasteiger charge is 2.12. The van der Waals surface area contributed by atoms with Crippen molar-refractivity contribution in [1.82, 2.24) is 10.9 Å². The molecule has 1 aromatic carbocycles. The van der Waals surface area contributed by atoms with Gasteiger partial charge in [-0.1, -0.05) is 28.1 Å². The molecule has 0 saturated carbocycles. The number of amides is 1. The Kier molecular flexibility index (Phi) is 4.74. The van der Waals surface area contributed by atoms with E-state index in [0.717, 1.165) is 10.0 Å². The van der Waals surface area contributed by atoms with Crippen molar-refractivity contribution in [2.24, 2.45) is 5.73 Å². The van der Waals surface area contributed by atoms with E-state index in [0.29, 0.717) is 6.42 Å². The first-order chi connectivity index (χ1) is 7.13. The number of rotatable bonds is 4. The van der Waals surface area contributed by atoms with Crippen molar-refractivity contribution in [1.29, 1.82) is 0 Å². The SMILES string of the molecule is CNNC(=O)C(N)Cc1ccc(Br)cc1. The van der Waals surface area contributed by atoms with E-state index < -0.39 is 6.04 Å². The van der Waals surface area contributed by atoms with Crippen LogP contribution in [-0.4, -0.2) is 19.0 Å². The predicted molar refractivity (Wildman–Crippen MR) is 63.0 cm³/mol. The van der Waals surface area contributed by atoms with Crippen LogP contribution < -0.4 is 16.6 Å². The molecule has 1 aromatic rings. The lowest BCUT2D eigenvalue weighted by atomic mass is 10.1. The fourth-order valence-corrected chi connectivity index (χ4v) is 1.45. The number of halogens is 1. The Morgan fingerprint density at radius 3 is 2.60 bits per heavy atom. The van der Waals surface area contributed by atoms with Crippen LogP contribution in [0.1, 0.15) is 5.56 Å². The summed E-state index contributed by atoms with van der Waals surface area (Å²) in [7, 11) is 1.63. The van der Waals surface area contributed by atoms with E-state index in [1.165, 1.54) is 0 Å². The second-order valence-electron chi connectivity index (χ2n) is 3.18. The summed E-state index contributed by atoms with van der Waals surface area (Å²) in [6.07, 6.45) is 0.529. The van der Waals surface area contributed by atoms with Crippen LogP contribution in [0.4, 0.5) is 0 Å². The van der Waals surface area contributed by atoms with Crippen molar-refractivity contribution >= 4 is 21.8 Å². The summed E-state index contributed by atoms with van der Waals surface area (Å²) < 4.78 is 1.01. The van der Waals surface area contributed by atoms with Crippen LogP contribution in [0, 0.1) is 0 Å². The maximum atomic E-state index is 11.3. The Balaban J connectivity index is 2.54. The molecule has 0 fully saturated rings. The zero-order valence-electron chi connectivity index (χ0n) is 8.46. The molecule has 0 aliphatic heterocycles. The zero-order chi connectivity index (χ0) is 11.3. The van der Waals surface area contributed by atoms with E-state index in [9.17, 15) is 4.79 Å². The third-order valence-electron chi connectivity index (χ3n) is 1.95. The number of nitrogens with two attached hydrogens (primary N) is 1. The highest BCUT2D eigenvalue weighted by Crippen LogP contribution is 2.11. The van der Waals surface area contributed by atoms with Gasteiger partial charge in [-0.25, -0.2) is 5.43 Å². The maximum absolute atomic E-state index is 11.3. The van der Waals surface area contributed by atoms with Gasteiger partial charge in [0.15, 0.2) is 0 Å². The quantitative estimate of drug-likeness (QED) is 0.702. The van der Waals surface area contributed by atoms with Crippen LogP contribution in [0.3, 0.4) is 0 Å². The Hall–Kier alpha value is -0.910. The van der Waals surface area contributed by atoms with Crippen LogP contribution in [0.25, 0.3) is 0 Å². The van der Waals surface area contributed by atoms with Crippen LogP contribution in [0.2, 0.25) is 0 Å². The largest absolute Gasteiger partial charge is 0.320 e. The van der Waals surface area contributed by atoms with E-state index in [1.807, 2.05) is 24.3 Å². The fraction of sp³-hybridized carbons (Fsp3) is 0.300. The molecule has 1 rings (SSSR count). The summed E-state index contributed by atoms with van der Waals surface area (Å²) in [4.78, 5) is 11.3. The molecule has 0 heterocycles. The molecule has 0 bridgehead atoms. The first kappa shape index (κ1) is 12.2. The standard InChI is InChI=1S/C10H14BrN3O/c1-13-14-10(15)9(12)6-7-2-4-8(11)5-3-7/h2-5,9,13H,6,12H2,1H3,(H,14,15). The highest BCUT2D eigenvalue weighted by molar-refractivity contribution is 9.10. The van der Waals surface area contributed by atoms with Gasteiger partial charge in [0, 0.05) is 11.5 Å². The van der Waals surface area contributed by atoms with Gasteiger partial charge in [-0.3, -0.25) is 10.2 Å². The molecular weight excluding hydrogens is 258 g/mol. The van der Waals surface area contributed by atoms with Crippen molar-refractivity contribution in [3.05, 3.63) is 34.3 Å². The molecule has 82 valence electrons. The van der Waals surface area contributed by atoms with Crippen LogP contribution in [-0.2, 0) is 11.2 Å². The van der Waals surface area contributed by atoms with Gasteiger partial charge in [0.25, 0.3) is 5.91 Å². The summed E-state index contributed by atoms with van der Waals surface area (Å²) in [6, 6.07) is 7.21. The topological polar surface area (TPSA) is 67.1 Å². The summed E-state index contributed by atoms with van der Waals surface area (Å²) in [5, 5.41) is 0. The number of carbonyl (C=O) groups excluding carboxylic acids is 1. The summed E-state index contributed by atoms with van der Waals surface area (Å²) in [5.41, 5.74) is 11.8.